The molecule has 0 aliphatic carbocycles. The van der Waals surface area contributed by atoms with Gasteiger partial charge in [-0.25, -0.2) is 17.7 Å². The molecule has 0 radical (unpaired) electrons. The maximum absolute atomic E-state index is 12.0. The predicted octanol–water partition coefficient (Wildman–Crippen LogP) is 0.907. The standard InChI is InChI=1S/C17H21N3O6S2/c1-20(2)28(23,24)14-6-4-13(5-7-14)26-8-9-27-17-18-12(10-15(21)19-17)11-16(22)25-3/h4-7,10H,8-9,11H2,1-3H3,(H,18,19,21). The number of aromatic nitrogens is 2. The number of sulfonamides is 1. The van der Waals surface area contributed by atoms with Crippen molar-refractivity contribution in [2.24, 2.45) is 0 Å². The molecule has 9 nitrogen and oxygen atoms in total. The van der Waals surface area contributed by atoms with Gasteiger partial charge in [0, 0.05) is 25.9 Å². The Morgan fingerprint density at radius 2 is 1.93 bits per heavy atom. The Hall–Kier alpha value is -2.37. The highest BCUT2D eigenvalue weighted by molar-refractivity contribution is 7.99. The molecule has 11 heteroatoms. The Bertz CT molecular complexity index is 971. The number of nitrogens with one attached hydrogen (secondary N) is 1. The molecule has 0 saturated heterocycles. The number of aromatic amines is 1. The van der Waals surface area contributed by atoms with E-state index in [0.717, 1.165) is 4.31 Å². The number of thioether (sulfide) groups is 1. The van der Waals surface area contributed by atoms with E-state index in [4.69, 9.17) is 4.74 Å². The predicted molar refractivity (Wildman–Crippen MR) is 104 cm³/mol. The molecule has 0 aliphatic rings. The highest BCUT2D eigenvalue weighted by Gasteiger charge is 2.16. The first-order valence-electron chi connectivity index (χ1n) is 8.17. The van der Waals surface area contributed by atoms with Crippen molar-refractivity contribution < 1.29 is 22.7 Å². The van der Waals surface area contributed by atoms with Crippen LogP contribution in [-0.2, 0) is 26.0 Å². The molecule has 0 amide bonds. The summed E-state index contributed by atoms with van der Waals surface area (Å²) in [7, 11) is 0.729. The highest BCUT2D eigenvalue weighted by Crippen LogP contribution is 2.19. The lowest BCUT2D eigenvalue weighted by Gasteiger charge is -2.12. The first-order valence-corrected chi connectivity index (χ1v) is 10.6. The van der Waals surface area contributed by atoms with E-state index in [-0.39, 0.29) is 16.9 Å². The van der Waals surface area contributed by atoms with Crippen molar-refractivity contribution in [3.05, 3.63) is 46.4 Å². The zero-order valence-corrected chi connectivity index (χ0v) is 17.3. The fourth-order valence-corrected chi connectivity index (χ4v) is 3.70. The quantitative estimate of drug-likeness (QED) is 0.271. The van der Waals surface area contributed by atoms with Crippen molar-refractivity contribution >= 4 is 27.8 Å². The number of hydrogen-bond acceptors (Lipinski definition) is 8. The van der Waals surface area contributed by atoms with Crippen LogP contribution in [-0.4, -0.2) is 62.2 Å². The zero-order valence-electron chi connectivity index (χ0n) is 15.7. The molecule has 0 atom stereocenters. The molecule has 0 unspecified atom stereocenters. The summed E-state index contributed by atoms with van der Waals surface area (Å²) in [6.45, 7) is 0.315. The second-order valence-electron chi connectivity index (χ2n) is 5.75. The lowest BCUT2D eigenvalue weighted by molar-refractivity contribution is -0.139. The number of carbonyl (C=O) groups excluding carboxylic acids is 1. The normalized spacial score (nSPS) is 11.4. The summed E-state index contributed by atoms with van der Waals surface area (Å²) < 4.78 is 35.3. The molecule has 0 aliphatic heterocycles. The van der Waals surface area contributed by atoms with Gasteiger partial charge in [0.15, 0.2) is 5.16 Å². The largest absolute Gasteiger partial charge is 0.493 e. The lowest BCUT2D eigenvalue weighted by atomic mass is 10.3. The molecular weight excluding hydrogens is 406 g/mol. The van der Waals surface area contributed by atoms with Crippen molar-refractivity contribution in [3.8, 4) is 5.75 Å². The minimum atomic E-state index is -3.47. The summed E-state index contributed by atoms with van der Waals surface area (Å²) in [6, 6.07) is 7.37. The van der Waals surface area contributed by atoms with Gasteiger partial charge in [0.05, 0.1) is 30.7 Å². The van der Waals surface area contributed by atoms with Crippen LogP contribution in [0.3, 0.4) is 0 Å². The first kappa shape index (κ1) is 21.9. The smallest absolute Gasteiger partial charge is 0.311 e. The van der Waals surface area contributed by atoms with E-state index in [0.29, 0.717) is 29.0 Å². The van der Waals surface area contributed by atoms with E-state index in [1.165, 1.54) is 51.2 Å². The number of hydrogen-bond donors (Lipinski definition) is 1. The highest BCUT2D eigenvalue weighted by atomic mass is 32.2. The van der Waals surface area contributed by atoms with Crippen molar-refractivity contribution in [2.45, 2.75) is 16.5 Å². The van der Waals surface area contributed by atoms with Crippen molar-refractivity contribution in [3.63, 3.8) is 0 Å². The topological polar surface area (TPSA) is 119 Å². The Labute approximate surface area is 167 Å². The van der Waals surface area contributed by atoms with Crippen molar-refractivity contribution in [1.29, 1.82) is 0 Å². The van der Waals surface area contributed by atoms with Crippen LogP contribution in [0.2, 0.25) is 0 Å². The number of carbonyl (C=O) groups is 1. The molecule has 0 fully saturated rings. The van der Waals surface area contributed by atoms with Crippen LogP contribution in [0, 0.1) is 0 Å². The van der Waals surface area contributed by atoms with Crippen LogP contribution in [0.15, 0.2) is 45.2 Å². The maximum Gasteiger partial charge on any atom is 0.311 e. The number of benzene rings is 1. The Kier molecular flexibility index (Phi) is 7.61. The number of methoxy groups -OCH3 is 1. The molecule has 1 N–H and O–H groups in total. The van der Waals surface area contributed by atoms with Gasteiger partial charge in [-0.05, 0) is 24.3 Å². The second kappa shape index (κ2) is 9.71. The van der Waals surface area contributed by atoms with Gasteiger partial charge in [0.1, 0.15) is 5.75 Å². The third kappa shape index (κ3) is 6.08. The molecule has 1 heterocycles. The summed E-state index contributed by atoms with van der Waals surface area (Å²) in [4.78, 5) is 29.9. The second-order valence-corrected chi connectivity index (χ2v) is 8.99. The SMILES string of the molecule is COC(=O)Cc1cc(=O)[nH]c(SCCOc2ccc(S(=O)(=O)N(C)C)cc2)n1. The molecule has 0 spiro atoms. The van der Waals surface area contributed by atoms with Crippen LogP contribution in [0.25, 0.3) is 0 Å². The van der Waals surface area contributed by atoms with Gasteiger partial charge in [-0.15, -0.1) is 0 Å². The number of H-pyrrole nitrogens is 1. The van der Waals surface area contributed by atoms with E-state index in [9.17, 15) is 18.0 Å². The summed E-state index contributed by atoms with van der Waals surface area (Å²) in [5.41, 5.74) is -0.0216. The molecule has 0 bridgehead atoms. The number of rotatable bonds is 9. The van der Waals surface area contributed by atoms with Crippen molar-refractivity contribution in [1.82, 2.24) is 14.3 Å². The van der Waals surface area contributed by atoms with Gasteiger partial charge in [-0.1, -0.05) is 11.8 Å². The Morgan fingerprint density at radius 1 is 1.25 bits per heavy atom. The van der Waals surface area contributed by atoms with E-state index in [1.807, 2.05) is 0 Å². The number of esters is 1. The average Bonchev–Trinajstić information content (AvgIpc) is 2.65. The van der Waals surface area contributed by atoms with E-state index >= 15 is 0 Å². The Balaban J connectivity index is 1.89. The minimum Gasteiger partial charge on any atom is -0.493 e. The van der Waals surface area contributed by atoms with Crippen LogP contribution < -0.4 is 10.3 Å². The molecule has 0 saturated carbocycles. The average molecular weight is 428 g/mol. The molecule has 2 rings (SSSR count). The van der Waals surface area contributed by atoms with Crippen molar-refractivity contribution in [2.75, 3.05) is 33.6 Å². The summed E-state index contributed by atoms with van der Waals surface area (Å²) in [5, 5.41) is 0.377. The number of nitrogens with zero attached hydrogens (tertiary/aromatic N) is 2. The van der Waals surface area contributed by atoms with Gasteiger partial charge >= 0.3 is 5.97 Å². The third-order valence-electron chi connectivity index (χ3n) is 3.52. The van der Waals surface area contributed by atoms with Gasteiger partial charge in [-0.2, -0.15) is 0 Å². The van der Waals surface area contributed by atoms with Crippen LogP contribution in [0.1, 0.15) is 5.69 Å². The molecule has 1 aromatic carbocycles. The zero-order chi connectivity index (χ0) is 20.7. The van der Waals surface area contributed by atoms with E-state index in [1.54, 1.807) is 12.1 Å². The number of ether oxygens (including phenoxy) is 2. The third-order valence-corrected chi connectivity index (χ3v) is 6.19. The molecule has 2 aromatic rings. The molecular formula is C17H21N3O6S2. The van der Waals surface area contributed by atoms with Crippen LogP contribution in [0.4, 0.5) is 0 Å². The van der Waals surface area contributed by atoms with Gasteiger partial charge in [0.25, 0.3) is 5.56 Å². The van der Waals surface area contributed by atoms with Gasteiger partial charge in [-0.3, -0.25) is 9.59 Å². The van der Waals surface area contributed by atoms with Gasteiger partial charge in [0.2, 0.25) is 10.0 Å². The monoisotopic (exact) mass is 427 g/mol. The molecule has 1 aromatic heterocycles. The molecule has 152 valence electrons. The van der Waals surface area contributed by atoms with E-state index < -0.39 is 16.0 Å². The fourth-order valence-electron chi connectivity index (χ4n) is 2.08. The van der Waals surface area contributed by atoms with Crippen LogP contribution >= 0.6 is 11.8 Å². The fraction of sp³-hybridized carbons (Fsp3) is 0.353. The summed E-state index contributed by atoms with van der Waals surface area (Å²) >= 11 is 1.27. The minimum absolute atomic E-state index is 0.0767. The molecule has 28 heavy (non-hydrogen) atoms. The summed E-state index contributed by atoms with van der Waals surface area (Å²) in [6.07, 6.45) is -0.0767. The first-order chi connectivity index (χ1) is 13.2. The van der Waals surface area contributed by atoms with E-state index in [2.05, 4.69) is 14.7 Å². The van der Waals surface area contributed by atoms with Gasteiger partial charge < -0.3 is 14.5 Å². The lowest BCUT2D eigenvalue weighted by Crippen LogP contribution is -2.22. The summed E-state index contributed by atoms with van der Waals surface area (Å²) in [5.74, 6) is 0.541. The maximum atomic E-state index is 12.0. The Morgan fingerprint density at radius 3 is 2.54 bits per heavy atom. The van der Waals surface area contributed by atoms with Crippen LogP contribution in [0.5, 0.6) is 5.75 Å².